The summed E-state index contributed by atoms with van der Waals surface area (Å²) in [7, 11) is 1.50. The highest BCUT2D eigenvalue weighted by Crippen LogP contribution is 2.22. The molecular weight excluding hydrogens is 238 g/mol. The van der Waals surface area contributed by atoms with Crippen LogP contribution in [0.1, 0.15) is 6.42 Å². The summed E-state index contributed by atoms with van der Waals surface area (Å²) >= 11 is 0. The summed E-state index contributed by atoms with van der Waals surface area (Å²) < 4.78 is 10.3. The molecular formula is C16H17NO2. The minimum atomic E-state index is 0.237. The van der Waals surface area contributed by atoms with Gasteiger partial charge in [0.25, 0.3) is 0 Å². The minimum Gasteiger partial charge on any atom is -0.493 e. The molecule has 0 saturated heterocycles. The molecule has 0 aliphatic heterocycles. The summed E-state index contributed by atoms with van der Waals surface area (Å²) in [4.78, 5) is 0. The molecule has 2 aromatic rings. The van der Waals surface area contributed by atoms with E-state index in [1.807, 2.05) is 42.5 Å². The molecule has 0 spiro atoms. The molecule has 0 aliphatic rings. The van der Waals surface area contributed by atoms with Crippen LogP contribution in [-0.4, -0.2) is 19.6 Å². The Balaban J connectivity index is 1.94. The second-order valence-electron chi connectivity index (χ2n) is 4.12. The van der Waals surface area contributed by atoms with Gasteiger partial charge in [0.2, 0.25) is 0 Å². The van der Waals surface area contributed by atoms with Crippen LogP contribution in [0, 0.1) is 5.41 Å². The van der Waals surface area contributed by atoms with Crippen molar-refractivity contribution in [2.45, 2.75) is 6.42 Å². The van der Waals surface area contributed by atoms with Gasteiger partial charge in [-0.2, -0.15) is 0 Å². The summed E-state index contributed by atoms with van der Waals surface area (Å²) in [6.07, 6.45) is 0.483. The predicted molar refractivity (Wildman–Crippen MR) is 76.7 cm³/mol. The smallest absolute Gasteiger partial charge is 0.183 e. The van der Waals surface area contributed by atoms with Gasteiger partial charge in [0, 0.05) is 0 Å². The number of nitrogens with one attached hydrogen (secondary N) is 1. The molecule has 19 heavy (non-hydrogen) atoms. The third kappa shape index (κ3) is 3.85. The molecule has 0 aromatic heterocycles. The van der Waals surface area contributed by atoms with E-state index >= 15 is 0 Å². The molecule has 0 fully saturated rings. The van der Waals surface area contributed by atoms with Crippen molar-refractivity contribution in [1.82, 2.24) is 0 Å². The third-order valence-electron chi connectivity index (χ3n) is 2.81. The lowest BCUT2D eigenvalue weighted by Crippen LogP contribution is -2.06. The molecule has 3 nitrogen and oxygen atoms in total. The lowest BCUT2D eigenvalue weighted by molar-refractivity contribution is 0.307. The Kier molecular flexibility index (Phi) is 4.56. The van der Waals surface area contributed by atoms with Crippen molar-refractivity contribution in [3.63, 3.8) is 0 Å². The molecule has 0 unspecified atom stereocenters. The lowest BCUT2D eigenvalue weighted by Gasteiger charge is -2.07. The Morgan fingerprint density at radius 2 is 1.58 bits per heavy atom. The van der Waals surface area contributed by atoms with E-state index in [2.05, 4.69) is 12.1 Å². The first-order valence-corrected chi connectivity index (χ1v) is 6.19. The van der Waals surface area contributed by atoms with Crippen molar-refractivity contribution in [2.24, 2.45) is 0 Å². The molecule has 0 radical (unpaired) electrons. The highest BCUT2D eigenvalue weighted by molar-refractivity contribution is 5.72. The maximum atomic E-state index is 7.35. The summed E-state index contributed by atoms with van der Waals surface area (Å²) in [5, 5.41) is 7.35. The van der Waals surface area contributed by atoms with Crippen LogP contribution in [-0.2, 0) is 4.74 Å². The van der Waals surface area contributed by atoms with Crippen LogP contribution in [0.4, 0.5) is 0 Å². The SMILES string of the molecule is COC(=N)CCOc1ccc(-c2ccccc2)cc1. The van der Waals surface area contributed by atoms with Crippen LogP contribution in [0.5, 0.6) is 5.75 Å². The normalized spacial score (nSPS) is 9.95. The summed E-state index contributed by atoms with van der Waals surface area (Å²) in [5.74, 6) is 1.05. The van der Waals surface area contributed by atoms with Gasteiger partial charge in [0.15, 0.2) is 5.90 Å². The van der Waals surface area contributed by atoms with Gasteiger partial charge < -0.3 is 9.47 Å². The number of hydrogen-bond acceptors (Lipinski definition) is 3. The van der Waals surface area contributed by atoms with Crippen LogP contribution in [0.25, 0.3) is 11.1 Å². The van der Waals surface area contributed by atoms with Crippen LogP contribution in [0.3, 0.4) is 0 Å². The van der Waals surface area contributed by atoms with Gasteiger partial charge in [0.1, 0.15) is 5.75 Å². The zero-order valence-electron chi connectivity index (χ0n) is 10.9. The summed E-state index contributed by atoms with van der Waals surface area (Å²) in [6, 6.07) is 18.2. The van der Waals surface area contributed by atoms with Crippen molar-refractivity contribution in [2.75, 3.05) is 13.7 Å². The van der Waals surface area contributed by atoms with Crippen molar-refractivity contribution in [1.29, 1.82) is 5.41 Å². The zero-order valence-corrected chi connectivity index (χ0v) is 10.9. The molecule has 3 heteroatoms. The molecule has 0 saturated carbocycles. The van der Waals surface area contributed by atoms with Gasteiger partial charge >= 0.3 is 0 Å². The third-order valence-corrected chi connectivity index (χ3v) is 2.81. The van der Waals surface area contributed by atoms with Gasteiger partial charge in [-0.3, -0.25) is 5.41 Å². The average Bonchev–Trinajstić information content (AvgIpc) is 2.48. The van der Waals surface area contributed by atoms with E-state index in [0.29, 0.717) is 13.0 Å². The topological polar surface area (TPSA) is 42.3 Å². The first kappa shape index (κ1) is 13.1. The standard InChI is InChI=1S/C16H17NO2/c1-18-16(17)11-12-19-15-9-7-14(8-10-15)13-5-3-2-4-6-13/h2-10,17H,11-12H2,1H3. The van der Waals surface area contributed by atoms with Crippen molar-refractivity contribution in [3.8, 4) is 16.9 Å². The fraction of sp³-hybridized carbons (Fsp3) is 0.188. The fourth-order valence-electron chi connectivity index (χ4n) is 1.74. The molecule has 0 atom stereocenters. The molecule has 1 N–H and O–H groups in total. The van der Waals surface area contributed by atoms with E-state index in [9.17, 15) is 0 Å². The van der Waals surface area contributed by atoms with Gasteiger partial charge in [-0.15, -0.1) is 0 Å². The molecule has 2 aromatic carbocycles. The Morgan fingerprint density at radius 1 is 0.947 bits per heavy atom. The molecule has 0 heterocycles. The number of ether oxygens (including phenoxy) is 2. The Hall–Kier alpha value is -2.29. The average molecular weight is 255 g/mol. The molecule has 0 bridgehead atoms. The zero-order chi connectivity index (χ0) is 13.5. The van der Waals surface area contributed by atoms with E-state index in [1.54, 1.807) is 0 Å². The van der Waals surface area contributed by atoms with Crippen LogP contribution in [0.15, 0.2) is 54.6 Å². The molecule has 98 valence electrons. The molecule has 0 aliphatic carbocycles. The number of benzene rings is 2. The fourth-order valence-corrected chi connectivity index (χ4v) is 1.74. The van der Waals surface area contributed by atoms with Gasteiger partial charge in [0.05, 0.1) is 20.1 Å². The summed E-state index contributed by atoms with van der Waals surface area (Å²) in [6.45, 7) is 0.456. The van der Waals surface area contributed by atoms with Crippen molar-refractivity contribution < 1.29 is 9.47 Å². The summed E-state index contributed by atoms with van der Waals surface area (Å²) in [5.41, 5.74) is 2.35. The number of hydrogen-bond donors (Lipinski definition) is 1. The number of methoxy groups -OCH3 is 1. The highest BCUT2D eigenvalue weighted by atomic mass is 16.5. The first-order valence-electron chi connectivity index (χ1n) is 6.19. The highest BCUT2D eigenvalue weighted by Gasteiger charge is 1.99. The van der Waals surface area contributed by atoms with Crippen molar-refractivity contribution >= 4 is 5.90 Å². The van der Waals surface area contributed by atoms with E-state index in [0.717, 1.165) is 11.3 Å². The van der Waals surface area contributed by atoms with E-state index in [4.69, 9.17) is 14.9 Å². The van der Waals surface area contributed by atoms with Crippen molar-refractivity contribution in [3.05, 3.63) is 54.6 Å². The second kappa shape index (κ2) is 6.59. The molecule has 2 rings (SSSR count). The van der Waals surface area contributed by atoms with Gasteiger partial charge in [-0.1, -0.05) is 42.5 Å². The quantitative estimate of drug-likeness (QED) is 0.653. The molecule has 0 amide bonds. The van der Waals surface area contributed by atoms with Crippen LogP contribution in [0.2, 0.25) is 0 Å². The Morgan fingerprint density at radius 3 is 2.21 bits per heavy atom. The van der Waals surface area contributed by atoms with Crippen LogP contribution >= 0.6 is 0 Å². The maximum Gasteiger partial charge on any atom is 0.183 e. The second-order valence-corrected chi connectivity index (χ2v) is 4.12. The van der Waals surface area contributed by atoms with Gasteiger partial charge in [-0.25, -0.2) is 0 Å². The Labute approximate surface area is 113 Å². The number of rotatable bonds is 5. The minimum absolute atomic E-state index is 0.237. The largest absolute Gasteiger partial charge is 0.493 e. The van der Waals surface area contributed by atoms with E-state index < -0.39 is 0 Å². The lowest BCUT2D eigenvalue weighted by atomic mass is 10.1. The Bertz CT molecular complexity index is 520. The monoisotopic (exact) mass is 255 g/mol. The van der Waals surface area contributed by atoms with E-state index in [1.165, 1.54) is 12.7 Å². The maximum absolute atomic E-state index is 7.35. The first-order chi connectivity index (χ1) is 9.29. The van der Waals surface area contributed by atoms with Crippen LogP contribution < -0.4 is 4.74 Å². The van der Waals surface area contributed by atoms with E-state index in [-0.39, 0.29) is 5.90 Å². The predicted octanol–water partition coefficient (Wildman–Crippen LogP) is 3.75. The van der Waals surface area contributed by atoms with Gasteiger partial charge in [-0.05, 0) is 23.3 Å².